The van der Waals surface area contributed by atoms with Crippen LogP contribution in [0.4, 0.5) is 0 Å². The lowest BCUT2D eigenvalue weighted by Crippen LogP contribution is -2.22. The van der Waals surface area contributed by atoms with Crippen LogP contribution < -0.4 is 0 Å². The van der Waals surface area contributed by atoms with Crippen molar-refractivity contribution in [2.24, 2.45) is 0 Å². The zero-order valence-electron chi connectivity index (χ0n) is 9.78. The molecule has 0 radical (unpaired) electrons. The number of hydrogen-bond donors (Lipinski definition) is 0. The summed E-state index contributed by atoms with van der Waals surface area (Å²) in [6.07, 6.45) is 4.98. The van der Waals surface area contributed by atoms with Gasteiger partial charge in [0.05, 0.1) is 6.04 Å². The molecule has 1 atom stereocenters. The Kier molecular flexibility index (Phi) is 2.64. The van der Waals surface area contributed by atoms with Gasteiger partial charge < -0.3 is 0 Å². The standard InChI is InChI=1S/C11H15N5O/c1-9-11(14-17-13-9)8-15-6-3-10(7-15)16-5-2-4-12-16/h2,4-5,10H,3,6-8H2,1H3. The molecule has 1 aliphatic rings. The van der Waals surface area contributed by atoms with E-state index in [1.165, 1.54) is 0 Å². The molecular formula is C11H15N5O. The zero-order chi connectivity index (χ0) is 11.7. The first-order chi connectivity index (χ1) is 8.33. The Bertz CT molecular complexity index is 478. The van der Waals surface area contributed by atoms with E-state index in [-0.39, 0.29) is 0 Å². The first kappa shape index (κ1) is 10.5. The van der Waals surface area contributed by atoms with E-state index >= 15 is 0 Å². The largest absolute Gasteiger partial charge is 0.295 e. The maximum Gasteiger partial charge on any atom is 0.122 e. The second kappa shape index (κ2) is 4.29. The van der Waals surface area contributed by atoms with Crippen molar-refractivity contribution in [3.05, 3.63) is 29.8 Å². The van der Waals surface area contributed by atoms with Crippen molar-refractivity contribution in [3.8, 4) is 0 Å². The van der Waals surface area contributed by atoms with Crippen molar-refractivity contribution in [3.63, 3.8) is 0 Å². The van der Waals surface area contributed by atoms with Gasteiger partial charge in [0.1, 0.15) is 11.4 Å². The Morgan fingerprint density at radius 3 is 3.12 bits per heavy atom. The molecule has 0 bridgehead atoms. The van der Waals surface area contributed by atoms with E-state index in [1.807, 2.05) is 30.1 Å². The van der Waals surface area contributed by atoms with Gasteiger partial charge in [-0.25, -0.2) is 4.63 Å². The summed E-state index contributed by atoms with van der Waals surface area (Å²) in [4.78, 5) is 2.36. The van der Waals surface area contributed by atoms with Crippen LogP contribution in [0.1, 0.15) is 23.9 Å². The van der Waals surface area contributed by atoms with E-state index in [4.69, 9.17) is 4.63 Å². The summed E-state index contributed by atoms with van der Waals surface area (Å²) < 4.78 is 6.75. The van der Waals surface area contributed by atoms with Crippen molar-refractivity contribution < 1.29 is 4.63 Å². The number of hydrogen-bond acceptors (Lipinski definition) is 5. The predicted octanol–water partition coefficient (Wildman–Crippen LogP) is 1.02. The van der Waals surface area contributed by atoms with Gasteiger partial charge in [-0.15, -0.1) is 0 Å². The Morgan fingerprint density at radius 2 is 2.41 bits per heavy atom. The van der Waals surface area contributed by atoms with Crippen LogP contribution >= 0.6 is 0 Å². The van der Waals surface area contributed by atoms with Crippen LogP contribution in [0.25, 0.3) is 0 Å². The van der Waals surface area contributed by atoms with Crippen molar-refractivity contribution >= 4 is 0 Å². The molecule has 0 amide bonds. The van der Waals surface area contributed by atoms with Crippen LogP contribution in [0.5, 0.6) is 0 Å². The average molecular weight is 233 g/mol. The zero-order valence-corrected chi connectivity index (χ0v) is 9.78. The molecule has 0 saturated carbocycles. The van der Waals surface area contributed by atoms with Crippen molar-refractivity contribution in [1.29, 1.82) is 0 Å². The number of likely N-dealkylation sites (tertiary alicyclic amines) is 1. The van der Waals surface area contributed by atoms with Gasteiger partial charge in [0.25, 0.3) is 0 Å². The summed E-state index contributed by atoms with van der Waals surface area (Å²) in [5.74, 6) is 0. The summed E-state index contributed by atoms with van der Waals surface area (Å²) in [6, 6.07) is 2.44. The first-order valence-corrected chi connectivity index (χ1v) is 5.82. The molecule has 90 valence electrons. The third-order valence-corrected chi connectivity index (χ3v) is 3.27. The smallest absolute Gasteiger partial charge is 0.122 e. The van der Waals surface area contributed by atoms with Crippen LogP contribution in [0, 0.1) is 6.92 Å². The fourth-order valence-electron chi connectivity index (χ4n) is 2.27. The molecule has 0 aliphatic carbocycles. The van der Waals surface area contributed by atoms with Crippen LogP contribution in [-0.4, -0.2) is 38.1 Å². The van der Waals surface area contributed by atoms with E-state index in [9.17, 15) is 0 Å². The van der Waals surface area contributed by atoms with Crippen molar-refractivity contribution in [2.45, 2.75) is 25.9 Å². The van der Waals surface area contributed by atoms with E-state index in [0.29, 0.717) is 6.04 Å². The lowest BCUT2D eigenvalue weighted by Gasteiger charge is -2.14. The van der Waals surface area contributed by atoms with E-state index in [1.54, 1.807) is 0 Å². The van der Waals surface area contributed by atoms with Gasteiger partial charge >= 0.3 is 0 Å². The second-order valence-electron chi connectivity index (χ2n) is 4.46. The van der Waals surface area contributed by atoms with Gasteiger partial charge in [0, 0.05) is 32.0 Å². The molecule has 1 fully saturated rings. The van der Waals surface area contributed by atoms with Gasteiger partial charge in [-0.1, -0.05) is 10.3 Å². The fourth-order valence-corrected chi connectivity index (χ4v) is 2.27. The summed E-state index contributed by atoms with van der Waals surface area (Å²) in [5, 5.41) is 12.0. The summed E-state index contributed by atoms with van der Waals surface area (Å²) in [6.45, 7) is 4.81. The Labute approximate surface area is 99.2 Å². The topological polar surface area (TPSA) is 60.0 Å². The third-order valence-electron chi connectivity index (χ3n) is 3.27. The summed E-state index contributed by atoms with van der Waals surface area (Å²) in [5.41, 5.74) is 1.82. The van der Waals surface area contributed by atoms with Gasteiger partial charge in [-0.3, -0.25) is 9.58 Å². The highest BCUT2D eigenvalue weighted by molar-refractivity contribution is 5.04. The van der Waals surface area contributed by atoms with E-state index in [0.717, 1.165) is 37.4 Å². The fraction of sp³-hybridized carbons (Fsp3) is 0.545. The lowest BCUT2D eigenvalue weighted by atomic mass is 10.3. The van der Waals surface area contributed by atoms with Crippen molar-refractivity contribution in [1.82, 2.24) is 25.0 Å². The SMILES string of the molecule is Cc1nonc1CN1CCC(n2cccn2)C1. The second-order valence-corrected chi connectivity index (χ2v) is 4.46. The minimum absolute atomic E-state index is 0.477. The van der Waals surface area contributed by atoms with Crippen LogP contribution in [0.3, 0.4) is 0 Å². The van der Waals surface area contributed by atoms with E-state index in [2.05, 4.69) is 20.3 Å². The molecule has 0 N–H and O–H groups in total. The minimum atomic E-state index is 0.477. The Balaban J connectivity index is 1.63. The first-order valence-electron chi connectivity index (χ1n) is 5.82. The number of nitrogens with zero attached hydrogens (tertiary/aromatic N) is 5. The number of rotatable bonds is 3. The van der Waals surface area contributed by atoms with Gasteiger partial charge in [-0.05, 0) is 19.4 Å². The minimum Gasteiger partial charge on any atom is -0.295 e. The molecule has 1 saturated heterocycles. The van der Waals surface area contributed by atoms with Gasteiger partial charge in [0.15, 0.2) is 0 Å². The lowest BCUT2D eigenvalue weighted by molar-refractivity contribution is 0.277. The van der Waals surface area contributed by atoms with Crippen LogP contribution in [0.2, 0.25) is 0 Å². The average Bonchev–Trinajstić information content (AvgIpc) is 3.02. The highest BCUT2D eigenvalue weighted by atomic mass is 16.6. The maximum absolute atomic E-state index is 4.71. The quantitative estimate of drug-likeness (QED) is 0.792. The molecule has 1 unspecified atom stereocenters. The Hall–Kier alpha value is -1.69. The molecule has 2 aromatic heterocycles. The van der Waals surface area contributed by atoms with Gasteiger partial charge in [0.2, 0.25) is 0 Å². The normalized spacial score (nSPS) is 21.1. The van der Waals surface area contributed by atoms with Crippen LogP contribution in [-0.2, 0) is 6.54 Å². The predicted molar refractivity (Wildman–Crippen MR) is 60.2 cm³/mol. The highest BCUT2D eigenvalue weighted by Gasteiger charge is 2.25. The monoisotopic (exact) mass is 233 g/mol. The molecule has 3 rings (SSSR count). The molecule has 2 aromatic rings. The highest BCUT2D eigenvalue weighted by Crippen LogP contribution is 2.22. The van der Waals surface area contributed by atoms with E-state index < -0.39 is 0 Å². The molecule has 0 spiro atoms. The molecule has 6 nitrogen and oxygen atoms in total. The Morgan fingerprint density at radius 1 is 1.47 bits per heavy atom. The number of aromatic nitrogens is 4. The van der Waals surface area contributed by atoms with Crippen LogP contribution in [0.15, 0.2) is 23.1 Å². The third kappa shape index (κ3) is 2.08. The molecular weight excluding hydrogens is 218 g/mol. The molecule has 0 aromatic carbocycles. The molecule has 1 aliphatic heterocycles. The summed E-state index contributed by atoms with van der Waals surface area (Å²) >= 11 is 0. The number of aryl methyl sites for hydroxylation is 1. The molecule has 3 heterocycles. The maximum atomic E-state index is 4.71. The van der Waals surface area contributed by atoms with Gasteiger partial charge in [-0.2, -0.15) is 5.10 Å². The van der Waals surface area contributed by atoms with Crippen molar-refractivity contribution in [2.75, 3.05) is 13.1 Å². The molecule has 6 heteroatoms. The summed E-state index contributed by atoms with van der Waals surface area (Å²) in [7, 11) is 0. The molecule has 17 heavy (non-hydrogen) atoms.